The molecule has 0 amide bonds. The summed E-state index contributed by atoms with van der Waals surface area (Å²) in [5, 5.41) is 0. The van der Waals surface area contributed by atoms with E-state index in [-0.39, 0.29) is 4.90 Å². The molecule has 1 rings (SSSR count). The predicted molar refractivity (Wildman–Crippen MR) is 50.6 cm³/mol. The van der Waals surface area contributed by atoms with Crippen molar-refractivity contribution in [2.75, 3.05) is 0 Å². The molecule has 1 aromatic carbocycles. The first-order chi connectivity index (χ1) is 6.54. The topological polar surface area (TPSA) is 63.6 Å². The molecule has 1 aromatic rings. The second-order valence-corrected chi connectivity index (χ2v) is 3.81. The van der Waals surface area contributed by atoms with Gasteiger partial charge in [0.1, 0.15) is 12.0 Å². The lowest BCUT2D eigenvalue weighted by Crippen LogP contribution is -1.97. The molecule has 0 saturated carbocycles. The van der Waals surface area contributed by atoms with Gasteiger partial charge in [-0.15, -0.1) is 0 Å². The Morgan fingerprint density at radius 3 is 2.36 bits per heavy atom. The maximum atomic E-state index is 10.6. The Bertz CT molecular complexity index is 452. The Morgan fingerprint density at radius 1 is 1.36 bits per heavy atom. The minimum absolute atomic E-state index is 0.174. The van der Waals surface area contributed by atoms with Gasteiger partial charge >= 0.3 is 0 Å². The average Bonchev–Trinajstić information content (AvgIpc) is 2.14. The first kappa shape index (κ1) is 10.5. The molecule has 0 aliphatic heterocycles. The Morgan fingerprint density at radius 2 is 1.93 bits per heavy atom. The van der Waals surface area contributed by atoms with Gasteiger partial charge in [0.05, 0.1) is 4.90 Å². The zero-order valence-electron chi connectivity index (χ0n) is 7.17. The monoisotopic (exact) mass is 212 g/mol. The molecule has 0 unspecified atom stereocenters. The summed E-state index contributed by atoms with van der Waals surface area (Å²) in [4.78, 5) is -0.174. The lowest BCUT2D eigenvalue weighted by molar-refractivity contribution is 0.477. The van der Waals surface area contributed by atoms with Gasteiger partial charge in [0.15, 0.2) is 0 Å². The molecular weight excluding hydrogens is 204 g/mol. The third-order valence-corrected chi connectivity index (χ3v) is 2.27. The van der Waals surface area contributed by atoms with Gasteiger partial charge < -0.3 is 4.74 Å². The van der Waals surface area contributed by atoms with Crippen LogP contribution in [0.15, 0.2) is 47.7 Å². The molecular formula is C9H8O4S. The maximum absolute atomic E-state index is 10.6. The van der Waals surface area contributed by atoms with Crippen LogP contribution in [0.3, 0.4) is 0 Å². The molecule has 0 aromatic heterocycles. The maximum Gasteiger partial charge on any atom is 0.294 e. The van der Waals surface area contributed by atoms with E-state index in [9.17, 15) is 8.42 Å². The highest BCUT2D eigenvalue weighted by Crippen LogP contribution is 2.15. The Balaban J connectivity index is 2.95. The van der Waals surface area contributed by atoms with Gasteiger partial charge in [0, 0.05) is 0 Å². The van der Waals surface area contributed by atoms with Crippen molar-refractivity contribution < 1.29 is 17.7 Å². The van der Waals surface area contributed by atoms with Crippen molar-refractivity contribution >= 4 is 10.1 Å². The van der Waals surface area contributed by atoms with Crippen LogP contribution in [-0.2, 0) is 10.1 Å². The van der Waals surface area contributed by atoms with Crippen LogP contribution in [-0.4, -0.2) is 13.0 Å². The van der Waals surface area contributed by atoms with Crippen molar-refractivity contribution in [2.24, 2.45) is 0 Å². The summed E-state index contributed by atoms with van der Waals surface area (Å²) in [6.07, 6.45) is 1.24. The molecule has 5 heteroatoms. The average molecular weight is 212 g/mol. The van der Waals surface area contributed by atoms with Crippen LogP contribution in [0.4, 0.5) is 0 Å². The van der Waals surface area contributed by atoms with Crippen LogP contribution in [0.1, 0.15) is 0 Å². The van der Waals surface area contributed by atoms with E-state index in [0.29, 0.717) is 5.75 Å². The number of rotatable bonds is 3. The third kappa shape index (κ3) is 2.74. The molecule has 4 nitrogen and oxygen atoms in total. The second-order valence-electron chi connectivity index (χ2n) is 2.39. The second kappa shape index (κ2) is 4.11. The highest BCUT2D eigenvalue weighted by Gasteiger charge is 2.08. The molecule has 0 bridgehead atoms. The zero-order chi connectivity index (χ0) is 10.6. The number of benzene rings is 1. The standard InChI is InChI=1S/C9H8O4S/c1-2-7-13-8-3-5-9(6-4-8)14(10,11)12/h3-7H,1H2,(H,10,11,12). The smallest absolute Gasteiger partial charge is 0.294 e. The largest absolute Gasteiger partial charge is 0.457 e. The Hall–Kier alpha value is -1.55. The molecule has 0 aliphatic rings. The molecule has 0 radical (unpaired) electrons. The van der Waals surface area contributed by atoms with Crippen molar-refractivity contribution in [2.45, 2.75) is 4.90 Å². The van der Waals surface area contributed by atoms with Crippen molar-refractivity contribution in [1.29, 1.82) is 0 Å². The summed E-state index contributed by atoms with van der Waals surface area (Å²) in [5.41, 5.74) is 2.40. The Labute approximate surface area is 81.9 Å². The summed E-state index contributed by atoms with van der Waals surface area (Å²) in [6.45, 7) is 3.29. The quantitative estimate of drug-likeness (QED) is 0.469. The Kier molecular flexibility index (Phi) is 3.09. The fraction of sp³-hybridized carbons (Fsp3) is 0. The van der Waals surface area contributed by atoms with E-state index in [2.05, 4.69) is 12.3 Å². The molecule has 0 heterocycles. The minimum atomic E-state index is -4.13. The van der Waals surface area contributed by atoms with Crippen molar-refractivity contribution in [3.05, 3.63) is 42.8 Å². The van der Waals surface area contributed by atoms with Crippen LogP contribution in [0.5, 0.6) is 5.75 Å². The van der Waals surface area contributed by atoms with Gasteiger partial charge in [0.2, 0.25) is 0 Å². The highest BCUT2D eigenvalue weighted by molar-refractivity contribution is 7.85. The SMILES string of the molecule is C=C=COc1ccc(S(=O)(=O)O)cc1. The highest BCUT2D eigenvalue weighted by atomic mass is 32.2. The van der Waals surface area contributed by atoms with Crippen LogP contribution in [0.25, 0.3) is 0 Å². The van der Waals surface area contributed by atoms with Crippen molar-refractivity contribution in [3.63, 3.8) is 0 Å². The van der Waals surface area contributed by atoms with E-state index in [1.807, 2.05) is 0 Å². The number of ether oxygens (including phenoxy) is 1. The zero-order valence-corrected chi connectivity index (χ0v) is 7.99. The minimum Gasteiger partial charge on any atom is -0.457 e. The summed E-state index contributed by atoms with van der Waals surface area (Å²) in [7, 11) is -4.13. The molecule has 74 valence electrons. The molecule has 0 atom stereocenters. The summed E-state index contributed by atoms with van der Waals surface area (Å²) in [6, 6.07) is 5.30. The normalized spacial score (nSPS) is 10.4. The van der Waals surface area contributed by atoms with Gasteiger partial charge in [-0.2, -0.15) is 8.42 Å². The number of hydrogen-bond acceptors (Lipinski definition) is 3. The van der Waals surface area contributed by atoms with E-state index in [4.69, 9.17) is 9.29 Å². The van der Waals surface area contributed by atoms with Crippen LogP contribution in [0.2, 0.25) is 0 Å². The lowest BCUT2D eigenvalue weighted by atomic mass is 10.3. The molecule has 0 aliphatic carbocycles. The first-order valence-corrected chi connectivity index (χ1v) is 5.06. The summed E-state index contributed by atoms with van der Waals surface area (Å²) in [5.74, 6) is 0.438. The number of hydrogen-bond donors (Lipinski definition) is 1. The van der Waals surface area contributed by atoms with E-state index < -0.39 is 10.1 Å². The third-order valence-electron chi connectivity index (χ3n) is 1.40. The van der Waals surface area contributed by atoms with Gasteiger partial charge in [-0.05, 0) is 24.3 Å². The van der Waals surface area contributed by atoms with Gasteiger partial charge in [-0.25, -0.2) is 0 Å². The molecule has 0 spiro atoms. The molecule has 1 N–H and O–H groups in total. The lowest BCUT2D eigenvalue weighted by Gasteiger charge is -1.99. The van der Waals surface area contributed by atoms with Crippen molar-refractivity contribution in [1.82, 2.24) is 0 Å². The van der Waals surface area contributed by atoms with Crippen LogP contribution < -0.4 is 4.74 Å². The van der Waals surface area contributed by atoms with E-state index >= 15 is 0 Å². The summed E-state index contributed by atoms with van der Waals surface area (Å²) >= 11 is 0. The van der Waals surface area contributed by atoms with E-state index in [0.717, 1.165) is 0 Å². The molecule has 0 saturated heterocycles. The molecule has 0 fully saturated rings. The van der Waals surface area contributed by atoms with Crippen LogP contribution in [0, 0.1) is 0 Å². The molecule has 14 heavy (non-hydrogen) atoms. The van der Waals surface area contributed by atoms with E-state index in [1.54, 1.807) is 0 Å². The van der Waals surface area contributed by atoms with Crippen LogP contribution >= 0.6 is 0 Å². The van der Waals surface area contributed by atoms with Gasteiger partial charge in [-0.1, -0.05) is 12.3 Å². The fourth-order valence-electron chi connectivity index (χ4n) is 0.800. The van der Waals surface area contributed by atoms with Gasteiger partial charge in [0.25, 0.3) is 10.1 Å². The van der Waals surface area contributed by atoms with Crippen molar-refractivity contribution in [3.8, 4) is 5.75 Å². The summed E-state index contributed by atoms with van der Waals surface area (Å²) < 4.78 is 34.9. The predicted octanol–water partition coefficient (Wildman–Crippen LogP) is 1.61. The van der Waals surface area contributed by atoms with Gasteiger partial charge in [-0.3, -0.25) is 4.55 Å². The first-order valence-electron chi connectivity index (χ1n) is 3.62. The van der Waals surface area contributed by atoms with E-state index in [1.165, 1.54) is 30.5 Å². The fourth-order valence-corrected chi connectivity index (χ4v) is 1.28.